The van der Waals surface area contributed by atoms with Crippen molar-refractivity contribution in [2.75, 3.05) is 26.0 Å². The maximum atomic E-state index is 8.83. The van der Waals surface area contributed by atoms with Gasteiger partial charge in [-0.3, -0.25) is 0 Å². The molecular formula is C12H14N2O2S. The van der Waals surface area contributed by atoms with Gasteiger partial charge in [-0.25, -0.2) is 0 Å². The van der Waals surface area contributed by atoms with Crippen LogP contribution in [0, 0.1) is 11.3 Å². The summed E-state index contributed by atoms with van der Waals surface area (Å²) in [5.74, 6) is 2.30. The molecule has 4 nitrogen and oxygen atoms in total. The minimum Gasteiger partial charge on any atom is -0.486 e. The van der Waals surface area contributed by atoms with Crippen molar-refractivity contribution in [2.45, 2.75) is 10.9 Å². The fourth-order valence-corrected chi connectivity index (χ4v) is 2.43. The first-order valence-electron chi connectivity index (χ1n) is 5.43. The van der Waals surface area contributed by atoms with Gasteiger partial charge in [0.1, 0.15) is 19.3 Å². The molecule has 0 aromatic heterocycles. The Morgan fingerprint density at radius 3 is 2.88 bits per heavy atom. The van der Waals surface area contributed by atoms with Gasteiger partial charge in [-0.05, 0) is 25.2 Å². The van der Waals surface area contributed by atoms with Crippen molar-refractivity contribution in [3.05, 3.63) is 18.2 Å². The quantitative estimate of drug-likeness (QED) is 0.824. The van der Waals surface area contributed by atoms with Gasteiger partial charge in [0.15, 0.2) is 11.5 Å². The molecule has 0 radical (unpaired) electrons. The van der Waals surface area contributed by atoms with Gasteiger partial charge in [0, 0.05) is 10.6 Å². The highest BCUT2D eigenvalue weighted by molar-refractivity contribution is 7.99. The normalized spacial score (nSPS) is 15.1. The molecule has 0 bridgehead atoms. The number of hydrogen-bond acceptors (Lipinski definition) is 5. The van der Waals surface area contributed by atoms with Gasteiger partial charge < -0.3 is 14.8 Å². The van der Waals surface area contributed by atoms with Gasteiger partial charge >= 0.3 is 0 Å². The molecule has 0 aliphatic carbocycles. The Labute approximate surface area is 105 Å². The average molecular weight is 250 g/mol. The molecule has 1 aromatic rings. The maximum absolute atomic E-state index is 8.83. The van der Waals surface area contributed by atoms with Crippen molar-refractivity contribution in [2.24, 2.45) is 0 Å². The van der Waals surface area contributed by atoms with E-state index in [2.05, 4.69) is 11.4 Å². The van der Waals surface area contributed by atoms with E-state index in [-0.39, 0.29) is 6.04 Å². The van der Waals surface area contributed by atoms with Crippen LogP contribution >= 0.6 is 11.8 Å². The van der Waals surface area contributed by atoms with E-state index < -0.39 is 0 Å². The van der Waals surface area contributed by atoms with Crippen LogP contribution in [0.25, 0.3) is 0 Å². The highest BCUT2D eigenvalue weighted by Crippen LogP contribution is 2.34. The number of rotatable bonds is 4. The van der Waals surface area contributed by atoms with Crippen LogP contribution < -0.4 is 14.8 Å². The number of benzene rings is 1. The van der Waals surface area contributed by atoms with Crippen molar-refractivity contribution < 1.29 is 9.47 Å². The smallest absolute Gasteiger partial charge is 0.162 e. The molecule has 1 atom stereocenters. The van der Waals surface area contributed by atoms with Crippen molar-refractivity contribution in [3.8, 4) is 17.6 Å². The predicted molar refractivity (Wildman–Crippen MR) is 66.6 cm³/mol. The number of thioether (sulfide) groups is 1. The average Bonchev–Trinajstić information content (AvgIpc) is 2.40. The number of fused-ring (bicyclic) bond motifs is 1. The molecule has 17 heavy (non-hydrogen) atoms. The van der Waals surface area contributed by atoms with Gasteiger partial charge in [0.05, 0.1) is 6.07 Å². The first-order chi connectivity index (χ1) is 8.33. The molecule has 1 aliphatic rings. The minimum atomic E-state index is -0.131. The van der Waals surface area contributed by atoms with Gasteiger partial charge in [-0.2, -0.15) is 5.26 Å². The summed E-state index contributed by atoms with van der Waals surface area (Å²) in [6, 6.07) is 7.93. The molecule has 1 heterocycles. The second kappa shape index (κ2) is 5.80. The van der Waals surface area contributed by atoms with Crippen LogP contribution in [-0.2, 0) is 0 Å². The largest absolute Gasteiger partial charge is 0.486 e. The predicted octanol–water partition coefficient (Wildman–Crippen LogP) is 1.66. The molecule has 0 fully saturated rings. The SMILES string of the molecule is CNC(C#N)CSc1ccc2c(c1)OCCO2. The third-order valence-electron chi connectivity index (χ3n) is 2.43. The Morgan fingerprint density at radius 2 is 2.18 bits per heavy atom. The summed E-state index contributed by atoms with van der Waals surface area (Å²) < 4.78 is 11.0. The van der Waals surface area contributed by atoms with Crippen LogP contribution in [0.1, 0.15) is 0 Å². The molecule has 1 unspecified atom stereocenters. The number of ether oxygens (including phenoxy) is 2. The highest BCUT2D eigenvalue weighted by Gasteiger charge is 2.12. The number of hydrogen-bond donors (Lipinski definition) is 1. The third-order valence-corrected chi connectivity index (χ3v) is 3.52. The van der Waals surface area contributed by atoms with Crippen molar-refractivity contribution in [1.82, 2.24) is 5.32 Å². The van der Waals surface area contributed by atoms with Gasteiger partial charge in [0.2, 0.25) is 0 Å². The zero-order chi connectivity index (χ0) is 12.1. The molecule has 1 aliphatic heterocycles. The Hall–Kier alpha value is -1.38. The van der Waals surface area contributed by atoms with E-state index in [1.165, 1.54) is 0 Å². The zero-order valence-corrected chi connectivity index (χ0v) is 10.4. The van der Waals surface area contributed by atoms with E-state index in [4.69, 9.17) is 14.7 Å². The van der Waals surface area contributed by atoms with E-state index >= 15 is 0 Å². The summed E-state index contributed by atoms with van der Waals surface area (Å²) in [6.45, 7) is 1.20. The summed E-state index contributed by atoms with van der Waals surface area (Å²) in [5, 5.41) is 11.8. The van der Waals surface area contributed by atoms with E-state index in [1.807, 2.05) is 18.2 Å². The lowest BCUT2D eigenvalue weighted by molar-refractivity contribution is 0.171. The van der Waals surface area contributed by atoms with Crippen LogP contribution in [0.3, 0.4) is 0 Å². The first kappa shape index (κ1) is 12.1. The molecule has 0 saturated carbocycles. The molecule has 5 heteroatoms. The molecule has 0 saturated heterocycles. The topological polar surface area (TPSA) is 54.3 Å². The van der Waals surface area contributed by atoms with Gasteiger partial charge in [-0.15, -0.1) is 11.8 Å². The van der Waals surface area contributed by atoms with Crippen LogP contribution in [0.15, 0.2) is 23.1 Å². The fourth-order valence-electron chi connectivity index (χ4n) is 1.48. The molecule has 0 spiro atoms. The number of nitriles is 1. The summed E-state index contributed by atoms with van der Waals surface area (Å²) in [7, 11) is 1.79. The lowest BCUT2D eigenvalue weighted by Gasteiger charge is -2.18. The van der Waals surface area contributed by atoms with Crippen molar-refractivity contribution in [3.63, 3.8) is 0 Å². The number of nitrogens with one attached hydrogen (secondary N) is 1. The van der Waals surface area contributed by atoms with E-state index in [0.29, 0.717) is 19.0 Å². The molecule has 1 aromatic carbocycles. The molecular weight excluding hydrogens is 236 g/mol. The van der Waals surface area contributed by atoms with Crippen LogP contribution in [0.5, 0.6) is 11.5 Å². The molecule has 2 rings (SSSR count). The number of nitrogens with zero attached hydrogens (tertiary/aromatic N) is 1. The molecule has 90 valence electrons. The highest BCUT2D eigenvalue weighted by atomic mass is 32.2. The van der Waals surface area contributed by atoms with E-state index in [9.17, 15) is 0 Å². The first-order valence-corrected chi connectivity index (χ1v) is 6.41. The minimum absolute atomic E-state index is 0.131. The monoisotopic (exact) mass is 250 g/mol. The van der Waals surface area contributed by atoms with Crippen LogP contribution in [0.4, 0.5) is 0 Å². The Kier molecular flexibility index (Phi) is 4.13. The zero-order valence-electron chi connectivity index (χ0n) is 9.60. The van der Waals surface area contributed by atoms with Crippen LogP contribution in [-0.4, -0.2) is 32.1 Å². The maximum Gasteiger partial charge on any atom is 0.162 e. The van der Waals surface area contributed by atoms with Gasteiger partial charge in [0.25, 0.3) is 0 Å². The van der Waals surface area contributed by atoms with Crippen molar-refractivity contribution in [1.29, 1.82) is 5.26 Å². The van der Waals surface area contributed by atoms with Gasteiger partial charge in [-0.1, -0.05) is 0 Å². The lowest BCUT2D eigenvalue weighted by atomic mass is 10.3. The van der Waals surface area contributed by atoms with E-state index in [0.717, 1.165) is 16.4 Å². The lowest BCUT2D eigenvalue weighted by Crippen LogP contribution is -2.25. The second-order valence-corrected chi connectivity index (χ2v) is 4.68. The summed E-state index contributed by atoms with van der Waals surface area (Å²) >= 11 is 1.63. The van der Waals surface area contributed by atoms with E-state index in [1.54, 1.807) is 18.8 Å². The van der Waals surface area contributed by atoms with Crippen LogP contribution in [0.2, 0.25) is 0 Å². The summed E-state index contributed by atoms with van der Waals surface area (Å²) in [4.78, 5) is 1.09. The second-order valence-electron chi connectivity index (χ2n) is 3.59. The third kappa shape index (κ3) is 3.05. The Bertz CT molecular complexity index is 431. The standard InChI is InChI=1S/C12H14N2O2S/c1-14-9(7-13)8-17-10-2-3-11-12(6-10)16-5-4-15-11/h2-3,6,9,14H,4-5,8H2,1H3. The summed E-state index contributed by atoms with van der Waals surface area (Å²) in [5.41, 5.74) is 0. The van der Waals surface area contributed by atoms with Crippen molar-refractivity contribution >= 4 is 11.8 Å². The Morgan fingerprint density at radius 1 is 1.41 bits per heavy atom. The fraction of sp³-hybridized carbons (Fsp3) is 0.417. The molecule has 1 N–H and O–H groups in total. The summed E-state index contributed by atoms with van der Waals surface area (Å²) in [6.07, 6.45) is 0. The Balaban J connectivity index is 2.00. The molecule has 0 amide bonds.